The molecule has 0 aliphatic carbocycles. The molecule has 0 spiro atoms. The Morgan fingerprint density at radius 2 is 1.94 bits per heavy atom. The molecule has 1 amide bonds. The Labute approximate surface area is 197 Å². The van der Waals surface area contributed by atoms with E-state index in [1.807, 2.05) is 17.9 Å². The standard InChI is InChI=1S/C25H30FN5O3/c1-2-14-34-15-13-31-21-16-19(18-6-8-20(26)9-7-18)17-28-23(21)29-24(25(31)33)27-10-4-12-30-11-3-5-22(30)32/h6-9,16-17H,2-5,10-15H2,1H3,(H,27,28,29). The van der Waals surface area contributed by atoms with Gasteiger partial charge in [0, 0.05) is 51.0 Å². The second kappa shape index (κ2) is 11.2. The molecule has 1 fully saturated rings. The summed E-state index contributed by atoms with van der Waals surface area (Å²) >= 11 is 0. The number of nitrogens with zero attached hydrogens (tertiary/aromatic N) is 4. The van der Waals surface area contributed by atoms with Crippen molar-refractivity contribution in [2.45, 2.75) is 39.2 Å². The topological polar surface area (TPSA) is 89.4 Å². The van der Waals surface area contributed by atoms with Crippen molar-refractivity contribution in [3.8, 4) is 11.1 Å². The summed E-state index contributed by atoms with van der Waals surface area (Å²) in [5, 5.41) is 3.13. The lowest BCUT2D eigenvalue weighted by molar-refractivity contribution is -0.127. The molecule has 1 aliphatic heterocycles. The maximum absolute atomic E-state index is 13.3. The van der Waals surface area contributed by atoms with Crippen molar-refractivity contribution >= 4 is 22.9 Å². The van der Waals surface area contributed by atoms with E-state index in [1.165, 1.54) is 12.1 Å². The fourth-order valence-corrected chi connectivity index (χ4v) is 4.08. The predicted octanol–water partition coefficient (Wildman–Crippen LogP) is 3.45. The highest BCUT2D eigenvalue weighted by Crippen LogP contribution is 2.22. The summed E-state index contributed by atoms with van der Waals surface area (Å²) in [6.07, 6.45) is 4.83. The first-order valence-electron chi connectivity index (χ1n) is 11.8. The molecule has 3 aromatic rings. The quantitative estimate of drug-likeness (QED) is 0.435. The number of carbonyl (C=O) groups is 1. The normalized spacial score (nSPS) is 13.7. The first kappa shape index (κ1) is 23.8. The number of nitrogens with one attached hydrogen (secondary N) is 1. The molecule has 1 saturated heterocycles. The Balaban J connectivity index is 1.58. The number of aromatic nitrogens is 3. The molecule has 9 heteroatoms. The van der Waals surface area contributed by atoms with Gasteiger partial charge in [-0.3, -0.25) is 14.2 Å². The minimum atomic E-state index is -0.311. The summed E-state index contributed by atoms with van der Waals surface area (Å²) in [5.41, 5.74) is 2.37. The average Bonchev–Trinajstić information content (AvgIpc) is 3.26. The highest BCUT2D eigenvalue weighted by molar-refractivity contribution is 5.79. The molecular formula is C25H30FN5O3. The molecule has 0 radical (unpaired) electrons. The number of likely N-dealkylation sites (tertiary alicyclic amines) is 1. The molecule has 1 aliphatic rings. The Hall–Kier alpha value is -3.33. The van der Waals surface area contributed by atoms with Crippen LogP contribution in [0.15, 0.2) is 41.3 Å². The van der Waals surface area contributed by atoms with E-state index in [0.29, 0.717) is 50.4 Å². The third-order valence-corrected chi connectivity index (χ3v) is 5.86. The smallest absolute Gasteiger partial charge is 0.293 e. The van der Waals surface area contributed by atoms with E-state index in [1.54, 1.807) is 22.9 Å². The highest BCUT2D eigenvalue weighted by atomic mass is 19.1. The van der Waals surface area contributed by atoms with E-state index < -0.39 is 0 Å². The van der Waals surface area contributed by atoms with Crippen molar-refractivity contribution in [1.29, 1.82) is 0 Å². The lowest BCUT2D eigenvalue weighted by atomic mass is 10.1. The van der Waals surface area contributed by atoms with Crippen LogP contribution in [0.2, 0.25) is 0 Å². The van der Waals surface area contributed by atoms with Gasteiger partial charge in [-0.2, -0.15) is 0 Å². The first-order chi connectivity index (χ1) is 16.6. The van der Waals surface area contributed by atoms with Crippen molar-refractivity contribution < 1.29 is 13.9 Å². The molecule has 8 nitrogen and oxygen atoms in total. The van der Waals surface area contributed by atoms with Crippen LogP contribution in [0.1, 0.15) is 32.6 Å². The second-order valence-electron chi connectivity index (χ2n) is 8.37. The van der Waals surface area contributed by atoms with E-state index >= 15 is 0 Å². The van der Waals surface area contributed by atoms with E-state index in [4.69, 9.17) is 4.74 Å². The number of fused-ring (bicyclic) bond motifs is 1. The summed E-state index contributed by atoms with van der Waals surface area (Å²) < 4.78 is 20.6. The molecule has 34 heavy (non-hydrogen) atoms. The zero-order chi connectivity index (χ0) is 23.9. The van der Waals surface area contributed by atoms with Gasteiger partial charge in [0.25, 0.3) is 5.56 Å². The maximum atomic E-state index is 13.3. The van der Waals surface area contributed by atoms with Crippen molar-refractivity contribution in [3.05, 3.63) is 52.7 Å². The molecule has 180 valence electrons. The second-order valence-corrected chi connectivity index (χ2v) is 8.37. The highest BCUT2D eigenvalue weighted by Gasteiger charge is 2.19. The fourth-order valence-electron chi connectivity index (χ4n) is 4.08. The molecule has 3 heterocycles. The number of amides is 1. The van der Waals surface area contributed by atoms with Crippen LogP contribution >= 0.6 is 0 Å². The molecular weight excluding hydrogens is 437 g/mol. The molecule has 0 atom stereocenters. The number of ether oxygens (including phenoxy) is 1. The number of carbonyl (C=O) groups excluding carboxylic acids is 1. The van der Waals surface area contributed by atoms with Crippen LogP contribution in [0.25, 0.3) is 22.3 Å². The number of pyridine rings is 1. The Kier molecular flexibility index (Phi) is 7.84. The molecule has 2 aromatic heterocycles. The van der Waals surface area contributed by atoms with Crippen molar-refractivity contribution in [2.24, 2.45) is 0 Å². The van der Waals surface area contributed by atoms with Gasteiger partial charge in [0.15, 0.2) is 11.5 Å². The van der Waals surface area contributed by atoms with Crippen LogP contribution in [0.3, 0.4) is 0 Å². The summed E-state index contributed by atoms with van der Waals surface area (Å²) in [7, 11) is 0. The van der Waals surface area contributed by atoms with Crippen molar-refractivity contribution in [2.75, 3.05) is 38.2 Å². The fraction of sp³-hybridized carbons (Fsp3) is 0.440. The molecule has 1 aromatic carbocycles. The number of halogens is 1. The first-order valence-corrected chi connectivity index (χ1v) is 11.8. The minimum absolute atomic E-state index is 0.194. The number of rotatable bonds is 11. The molecule has 1 N–H and O–H groups in total. The van der Waals surface area contributed by atoms with Gasteiger partial charge in [-0.1, -0.05) is 19.1 Å². The van der Waals surface area contributed by atoms with Gasteiger partial charge in [-0.25, -0.2) is 14.4 Å². The van der Waals surface area contributed by atoms with Gasteiger partial charge in [0.2, 0.25) is 5.91 Å². The van der Waals surface area contributed by atoms with Crippen LogP contribution in [0, 0.1) is 5.82 Å². The number of anilines is 1. The molecule has 0 bridgehead atoms. The summed E-state index contributed by atoms with van der Waals surface area (Å²) in [4.78, 5) is 35.9. The van der Waals surface area contributed by atoms with Crippen LogP contribution in [0.5, 0.6) is 0 Å². The van der Waals surface area contributed by atoms with Crippen LogP contribution in [-0.4, -0.2) is 58.2 Å². The van der Waals surface area contributed by atoms with E-state index in [0.717, 1.165) is 36.9 Å². The Morgan fingerprint density at radius 3 is 2.68 bits per heavy atom. The van der Waals surface area contributed by atoms with E-state index in [-0.39, 0.29) is 23.1 Å². The van der Waals surface area contributed by atoms with Gasteiger partial charge in [-0.15, -0.1) is 0 Å². The zero-order valence-electron chi connectivity index (χ0n) is 19.4. The van der Waals surface area contributed by atoms with Crippen molar-refractivity contribution in [1.82, 2.24) is 19.4 Å². The third kappa shape index (κ3) is 5.59. The minimum Gasteiger partial charge on any atom is -0.380 e. The third-order valence-electron chi connectivity index (χ3n) is 5.86. The van der Waals surface area contributed by atoms with E-state index in [9.17, 15) is 14.0 Å². The Morgan fingerprint density at radius 1 is 1.12 bits per heavy atom. The number of benzene rings is 1. The van der Waals surface area contributed by atoms with Crippen LogP contribution in [0.4, 0.5) is 10.2 Å². The largest absolute Gasteiger partial charge is 0.380 e. The van der Waals surface area contributed by atoms with Gasteiger partial charge in [-0.05, 0) is 43.0 Å². The van der Waals surface area contributed by atoms with Gasteiger partial charge in [0.05, 0.1) is 12.1 Å². The summed E-state index contributed by atoms with van der Waals surface area (Å²) in [5.74, 6) is 0.117. The molecule has 0 saturated carbocycles. The van der Waals surface area contributed by atoms with Gasteiger partial charge in [0.1, 0.15) is 5.82 Å². The van der Waals surface area contributed by atoms with E-state index in [2.05, 4.69) is 15.3 Å². The average molecular weight is 468 g/mol. The van der Waals surface area contributed by atoms with Crippen LogP contribution in [-0.2, 0) is 16.1 Å². The summed E-state index contributed by atoms with van der Waals surface area (Å²) in [6, 6.07) is 8.00. The van der Waals surface area contributed by atoms with Gasteiger partial charge >= 0.3 is 0 Å². The number of hydrogen-bond acceptors (Lipinski definition) is 6. The predicted molar refractivity (Wildman–Crippen MR) is 129 cm³/mol. The Bertz CT molecular complexity index is 1200. The monoisotopic (exact) mass is 467 g/mol. The number of hydrogen-bond donors (Lipinski definition) is 1. The SMILES string of the molecule is CCCOCCn1c(=O)c(NCCCN2CCCC2=O)nc2ncc(-c3ccc(F)cc3)cc21. The lowest BCUT2D eigenvalue weighted by Gasteiger charge is -2.16. The van der Waals surface area contributed by atoms with Crippen LogP contribution < -0.4 is 10.9 Å². The van der Waals surface area contributed by atoms with Crippen molar-refractivity contribution in [3.63, 3.8) is 0 Å². The molecule has 0 unspecified atom stereocenters. The zero-order valence-corrected chi connectivity index (χ0v) is 19.4. The summed E-state index contributed by atoms with van der Waals surface area (Å²) in [6.45, 7) is 5.41. The molecule has 4 rings (SSSR count). The lowest BCUT2D eigenvalue weighted by Crippen LogP contribution is -2.29. The maximum Gasteiger partial charge on any atom is 0.293 e. The van der Waals surface area contributed by atoms with Gasteiger partial charge < -0.3 is 15.0 Å².